The molecule has 1 atom stereocenters. The number of sulfonamides is 1. The second-order valence-corrected chi connectivity index (χ2v) is 10.9. The number of hydrogen-bond acceptors (Lipinski definition) is 4. The summed E-state index contributed by atoms with van der Waals surface area (Å²) in [6.07, 6.45) is 1.24. The first-order chi connectivity index (χ1) is 16.3. The monoisotopic (exact) mass is 477 g/mol. The summed E-state index contributed by atoms with van der Waals surface area (Å²) < 4.78 is 27.7. The number of nitrogens with zero attached hydrogens (tertiary/aromatic N) is 2. The van der Waals surface area contributed by atoms with Gasteiger partial charge in [0.05, 0.1) is 16.5 Å². The van der Waals surface area contributed by atoms with Gasteiger partial charge in [0.1, 0.15) is 0 Å². The summed E-state index contributed by atoms with van der Waals surface area (Å²) >= 11 is 0. The Morgan fingerprint density at radius 1 is 1.09 bits per heavy atom. The van der Waals surface area contributed by atoms with E-state index in [9.17, 15) is 18.0 Å². The molecule has 7 nitrogen and oxygen atoms in total. The molecule has 5 rings (SSSR count). The van der Waals surface area contributed by atoms with E-state index in [0.717, 1.165) is 22.0 Å². The number of benzene rings is 3. The van der Waals surface area contributed by atoms with Crippen LogP contribution in [0.3, 0.4) is 0 Å². The van der Waals surface area contributed by atoms with E-state index in [1.165, 1.54) is 4.31 Å². The predicted molar refractivity (Wildman–Crippen MR) is 133 cm³/mol. The minimum atomic E-state index is -3.66. The van der Waals surface area contributed by atoms with Crippen LogP contribution in [0.4, 0.5) is 11.4 Å². The summed E-state index contributed by atoms with van der Waals surface area (Å²) in [5.41, 5.74) is 3.11. The van der Waals surface area contributed by atoms with Crippen LogP contribution in [0.5, 0.6) is 0 Å². The Kier molecular flexibility index (Phi) is 5.65. The maximum atomic E-state index is 13.2. The molecule has 0 aliphatic carbocycles. The smallest absolute Gasteiger partial charge is 0.258 e. The number of carbonyl (C=O) groups is 2. The maximum absolute atomic E-state index is 13.2. The van der Waals surface area contributed by atoms with Crippen LogP contribution in [0.2, 0.25) is 0 Å². The fourth-order valence-electron chi connectivity index (χ4n) is 4.94. The lowest BCUT2D eigenvalue weighted by atomic mass is 9.98. The zero-order chi connectivity index (χ0) is 24.0. The van der Waals surface area contributed by atoms with Crippen molar-refractivity contribution >= 4 is 44.0 Å². The average Bonchev–Trinajstić information content (AvgIpc) is 3.13. The molecule has 3 aromatic carbocycles. The van der Waals surface area contributed by atoms with Crippen molar-refractivity contribution in [2.45, 2.75) is 31.6 Å². The number of hydrogen-bond donors (Lipinski definition) is 1. The lowest BCUT2D eigenvalue weighted by Gasteiger charge is -2.31. The zero-order valence-electron chi connectivity index (χ0n) is 19.2. The van der Waals surface area contributed by atoms with E-state index in [2.05, 4.69) is 5.32 Å². The maximum Gasteiger partial charge on any atom is 0.258 e. The molecule has 176 valence electrons. The van der Waals surface area contributed by atoms with Crippen molar-refractivity contribution < 1.29 is 18.0 Å². The topological polar surface area (TPSA) is 86.8 Å². The summed E-state index contributed by atoms with van der Waals surface area (Å²) in [6, 6.07) is 16.0. The third kappa shape index (κ3) is 3.67. The highest BCUT2D eigenvalue weighted by Gasteiger charge is 2.34. The average molecular weight is 478 g/mol. The second-order valence-electron chi connectivity index (χ2n) is 8.91. The van der Waals surface area contributed by atoms with Gasteiger partial charge in [-0.1, -0.05) is 29.8 Å². The minimum absolute atomic E-state index is 0.0317. The third-order valence-corrected chi connectivity index (χ3v) is 8.65. The van der Waals surface area contributed by atoms with Gasteiger partial charge in [0.15, 0.2) is 0 Å². The SMILES string of the molecule is CCN1C(=O)c2cccc3c(NC(=O)C4CCCN(S(=O)(=O)c5ccc(C)cc5)C4)ccc1c23. The summed E-state index contributed by atoms with van der Waals surface area (Å²) in [5.74, 6) is -0.692. The third-order valence-electron chi connectivity index (χ3n) is 6.77. The number of anilines is 2. The van der Waals surface area contributed by atoms with Crippen molar-refractivity contribution in [2.24, 2.45) is 5.92 Å². The van der Waals surface area contributed by atoms with Gasteiger partial charge in [-0.2, -0.15) is 4.31 Å². The number of rotatable bonds is 5. The lowest BCUT2D eigenvalue weighted by Crippen LogP contribution is -2.43. The molecule has 8 heteroatoms. The standard InChI is InChI=1S/C26H27N3O4S/c1-3-29-23-14-13-22(20-7-4-8-21(24(20)23)26(29)31)27-25(30)18-6-5-15-28(16-18)34(32,33)19-11-9-17(2)10-12-19/h4,7-14,18H,3,5-6,15-16H2,1-2H3,(H,27,30). The van der Waals surface area contributed by atoms with Crippen molar-refractivity contribution in [1.29, 1.82) is 0 Å². The van der Waals surface area contributed by atoms with Gasteiger partial charge in [-0.25, -0.2) is 8.42 Å². The highest BCUT2D eigenvalue weighted by atomic mass is 32.2. The highest BCUT2D eigenvalue weighted by molar-refractivity contribution is 7.89. The Hall–Kier alpha value is -3.23. The van der Waals surface area contributed by atoms with Gasteiger partial charge in [0.25, 0.3) is 5.91 Å². The lowest BCUT2D eigenvalue weighted by molar-refractivity contribution is -0.120. The van der Waals surface area contributed by atoms with Crippen LogP contribution in [0.25, 0.3) is 10.8 Å². The molecule has 2 amide bonds. The Morgan fingerprint density at radius 2 is 1.85 bits per heavy atom. The van der Waals surface area contributed by atoms with Crippen molar-refractivity contribution in [3.63, 3.8) is 0 Å². The molecule has 1 saturated heterocycles. The van der Waals surface area contributed by atoms with Crippen LogP contribution in [0, 0.1) is 12.8 Å². The van der Waals surface area contributed by atoms with E-state index in [1.54, 1.807) is 29.2 Å². The Balaban J connectivity index is 1.39. The zero-order valence-corrected chi connectivity index (χ0v) is 20.1. The first-order valence-electron chi connectivity index (χ1n) is 11.6. The molecule has 0 saturated carbocycles. The van der Waals surface area contributed by atoms with Crippen LogP contribution >= 0.6 is 0 Å². The molecule has 1 unspecified atom stereocenters. The van der Waals surface area contributed by atoms with Crippen molar-refractivity contribution in [3.8, 4) is 0 Å². The van der Waals surface area contributed by atoms with Gasteiger partial charge in [0, 0.05) is 41.7 Å². The van der Waals surface area contributed by atoms with Gasteiger partial charge in [0.2, 0.25) is 15.9 Å². The van der Waals surface area contributed by atoms with E-state index in [4.69, 9.17) is 0 Å². The van der Waals surface area contributed by atoms with Crippen molar-refractivity contribution in [1.82, 2.24) is 4.31 Å². The summed E-state index contributed by atoms with van der Waals surface area (Å²) in [7, 11) is -3.66. The van der Waals surface area contributed by atoms with Gasteiger partial charge < -0.3 is 10.2 Å². The van der Waals surface area contributed by atoms with Crippen LogP contribution in [-0.2, 0) is 14.8 Å². The molecular formula is C26H27N3O4S. The van der Waals surface area contributed by atoms with Crippen LogP contribution in [0.15, 0.2) is 59.5 Å². The fraction of sp³-hybridized carbons (Fsp3) is 0.308. The summed E-state index contributed by atoms with van der Waals surface area (Å²) in [5, 5.41) is 4.67. The van der Waals surface area contributed by atoms with Crippen LogP contribution < -0.4 is 10.2 Å². The second kappa shape index (κ2) is 8.52. The number of amides is 2. The molecule has 2 aliphatic heterocycles. The number of piperidine rings is 1. The number of nitrogens with one attached hydrogen (secondary N) is 1. The van der Waals surface area contributed by atoms with Crippen molar-refractivity contribution in [2.75, 3.05) is 29.9 Å². The van der Waals surface area contributed by atoms with E-state index in [0.29, 0.717) is 37.2 Å². The first kappa shape index (κ1) is 22.6. The minimum Gasteiger partial charge on any atom is -0.325 e. The molecule has 0 aromatic heterocycles. The molecule has 3 aromatic rings. The van der Waals surface area contributed by atoms with Gasteiger partial charge in [-0.3, -0.25) is 9.59 Å². The molecule has 34 heavy (non-hydrogen) atoms. The van der Waals surface area contributed by atoms with E-state index < -0.39 is 15.9 Å². The fourth-order valence-corrected chi connectivity index (χ4v) is 6.46. The Morgan fingerprint density at radius 3 is 2.59 bits per heavy atom. The van der Waals surface area contributed by atoms with Crippen LogP contribution in [-0.4, -0.2) is 44.2 Å². The molecule has 2 aliphatic rings. The Bertz CT molecular complexity index is 1400. The molecule has 0 radical (unpaired) electrons. The van der Waals surface area contributed by atoms with E-state index >= 15 is 0 Å². The quantitative estimate of drug-likeness (QED) is 0.598. The molecule has 1 fully saturated rings. The molecule has 1 N–H and O–H groups in total. The van der Waals surface area contributed by atoms with Crippen LogP contribution in [0.1, 0.15) is 35.7 Å². The number of aryl methyl sites for hydroxylation is 1. The predicted octanol–water partition coefficient (Wildman–Crippen LogP) is 4.17. The highest BCUT2D eigenvalue weighted by Crippen LogP contribution is 2.40. The van der Waals surface area contributed by atoms with Gasteiger partial charge in [-0.05, 0) is 57.0 Å². The molecular weight excluding hydrogens is 450 g/mol. The van der Waals surface area contributed by atoms with Gasteiger partial charge >= 0.3 is 0 Å². The Labute approximate surface area is 199 Å². The first-order valence-corrected chi connectivity index (χ1v) is 13.0. The van der Waals surface area contributed by atoms with E-state index in [-0.39, 0.29) is 23.3 Å². The molecule has 2 heterocycles. The number of carbonyl (C=O) groups excluding carboxylic acids is 2. The summed E-state index contributed by atoms with van der Waals surface area (Å²) in [6.45, 7) is 4.96. The normalized spacial score (nSPS) is 18.5. The summed E-state index contributed by atoms with van der Waals surface area (Å²) in [4.78, 5) is 27.9. The largest absolute Gasteiger partial charge is 0.325 e. The van der Waals surface area contributed by atoms with Gasteiger partial charge in [-0.15, -0.1) is 0 Å². The van der Waals surface area contributed by atoms with E-state index in [1.807, 2.05) is 44.2 Å². The molecule has 0 spiro atoms. The van der Waals surface area contributed by atoms with Crippen molar-refractivity contribution in [3.05, 3.63) is 65.7 Å². The molecule has 0 bridgehead atoms.